The summed E-state index contributed by atoms with van der Waals surface area (Å²) in [5, 5.41) is 2.62. The van der Waals surface area contributed by atoms with Crippen LogP contribution in [0.1, 0.15) is 40.0 Å². The van der Waals surface area contributed by atoms with Gasteiger partial charge in [0.25, 0.3) is 0 Å². The third-order valence-electron chi connectivity index (χ3n) is 4.70. The molecule has 0 aromatic rings. The zero-order valence-electron chi connectivity index (χ0n) is 15.5. The average molecular weight is 351 g/mol. The van der Waals surface area contributed by atoms with Crippen LogP contribution in [0, 0.1) is 5.41 Å². The molecule has 3 amide bonds. The van der Waals surface area contributed by atoms with Crippen LogP contribution in [-0.2, 0) is 14.3 Å². The summed E-state index contributed by atoms with van der Waals surface area (Å²) in [5.41, 5.74) is -0.346. The summed E-state index contributed by atoms with van der Waals surface area (Å²) < 4.78 is 5.39. The fourth-order valence-electron chi connectivity index (χ4n) is 3.29. The average Bonchev–Trinajstić information content (AvgIpc) is 2.50. The first-order valence-electron chi connectivity index (χ1n) is 8.80. The molecule has 2 aliphatic rings. The van der Waals surface area contributed by atoms with Crippen molar-refractivity contribution in [3.63, 3.8) is 0 Å². The molecule has 0 unspecified atom stereocenters. The molecule has 0 radical (unpaired) electrons. The first-order valence-corrected chi connectivity index (χ1v) is 8.80. The maximum atomic E-state index is 12.2. The number of rotatable bonds is 4. The molecule has 7 heteroatoms. The van der Waals surface area contributed by atoms with Crippen molar-refractivity contribution in [1.29, 1.82) is 0 Å². The van der Waals surface area contributed by atoms with E-state index >= 15 is 0 Å². The highest BCUT2D eigenvalue weighted by Gasteiger charge is 2.48. The topological polar surface area (TPSA) is 79.0 Å². The number of nitrogens with one attached hydrogen (secondary N) is 1. The molecule has 2 rings (SSSR count). The van der Waals surface area contributed by atoms with E-state index in [0.29, 0.717) is 39.1 Å². The van der Waals surface area contributed by atoms with Gasteiger partial charge < -0.3 is 19.9 Å². The molecule has 0 aromatic heterocycles. The fraction of sp³-hybridized carbons (Fsp3) is 0.722. The number of nitrogens with zero attached hydrogens (tertiary/aromatic N) is 2. The molecular weight excluding hydrogens is 322 g/mol. The van der Waals surface area contributed by atoms with Crippen LogP contribution in [0.15, 0.2) is 12.7 Å². The summed E-state index contributed by atoms with van der Waals surface area (Å²) >= 11 is 0. The molecule has 1 N–H and O–H groups in total. The Labute approximate surface area is 149 Å². The molecule has 0 bridgehead atoms. The van der Waals surface area contributed by atoms with E-state index in [1.807, 2.05) is 25.7 Å². The van der Waals surface area contributed by atoms with Gasteiger partial charge in [0.15, 0.2) is 0 Å². The van der Waals surface area contributed by atoms with Crippen LogP contribution in [0.5, 0.6) is 0 Å². The second-order valence-electron chi connectivity index (χ2n) is 7.96. The lowest BCUT2D eigenvalue weighted by Crippen LogP contribution is -2.62. The highest BCUT2D eigenvalue weighted by Crippen LogP contribution is 2.41. The van der Waals surface area contributed by atoms with Crippen LogP contribution >= 0.6 is 0 Å². The lowest BCUT2D eigenvalue weighted by atomic mass is 9.72. The number of piperidine rings is 1. The van der Waals surface area contributed by atoms with Gasteiger partial charge in [-0.15, -0.1) is 0 Å². The molecule has 0 saturated carbocycles. The molecule has 0 aliphatic carbocycles. The van der Waals surface area contributed by atoms with Gasteiger partial charge in [-0.1, -0.05) is 6.58 Å². The molecule has 2 fully saturated rings. The fourth-order valence-corrected chi connectivity index (χ4v) is 3.29. The molecule has 7 nitrogen and oxygen atoms in total. The third kappa shape index (κ3) is 5.21. The van der Waals surface area contributed by atoms with Gasteiger partial charge in [0.2, 0.25) is 11.8 Å². The summed E-state index contributed by atoms with van der Waals surface area (Å²) in [7, 11) is 0. The smallest absolute Gasteiger partial charge is 0.410 e. The molecular formula is C18H29N3O4. The zero-order valence-corrected chi connectivity index (χ0v) is 15.5. The largest absolute Gasteiger partial charge is 0.444 e. The van der Waals surface area contributed by atoms with Gasteiger partial charge in [-0.2, -0.15) is 0 Å². The first-order chi connectivity index (χ1) is 11.6. The summed E-state index contributed by atoms with van der Waals surface area (Å²) in [5.74, 6) is -0.204. The van der Waals surface area contributed by atoms with Gasteiger partial charge in [0.1, 0.15) is 5.60 Å². The molecule has 2 aliphatic heterocycles. The highest BCUT2D eigenvalue weighted by atomic mass is 16.6. The van der Waals surface area contributed by atoms with Gasteiger partial charge in [0, 0.05) is 44.6 Å². The Balaban J connectivity index is 1.70. The van der Waals surface area contributed by atoms with Crippen LogP contribution in [0.4, 0.5) is 4.79 Å². The van der Waals surface area contributed by atoms with Crippen molar-refractivity contribution in [3.8, 4) is 0 Å². The Morgan fingerprint density at radius 1 is 1.16 bits per heavy atom. The second-order valence-corrected chi connectivity index (χ2v) is 7.96. The van der Waals surface area contributed by atoms with Crippen molar-refractivity contribution < 1.29 is 19.1 Å². The Kier molecular flexibility index (Phi) is 5.75. The van der Waals surface area contributed by atoms with E-state index in [1.54, 1.807) is 4.90 Å². The van der Waals surface area contributed by atoms with Crippen molar-refractivity contribution >= 4 is 17.9 Å². The number of likely N-dealkylation sites (tertiary alicyclic amines) is 2. The van der Waals surface area contributed by atoms with Gasteiger partial charge in [-0.05, 0) is 39.7 Å². The predicted octanol–water partition coefficient (Wildman–Crippen LogP) is 1.54. The predicted molar refractivity (Wildman–Crippen MR) is 93.9 cm³/mol. The lowest BCUT2D eigenvalue weighted by Gasteiger charge is -2.53. The Morgan fingerprint density at radius 2 is 1.76 bits per heavy atom. The quantitative estimate of drug-likeness (QED) is 0.779. The first kappa shape index (κ1) is 19.3. The van der Waals surface area contributed by atoms with E-state index in [2.05, 4.69) is 11.9 Å². The van der Waals surface area contributed by atoms with E-state index in [0.717, 1.165) is 12.8 Å². The van der Waals surface area contributed by atoms with E-state index in [-0.39, 0.29) is 23.3 Å². The van der Waals surface area contributed by atoms with Gasteiger partial charge in [0.05, 0.1) is 0 Å². The summed E-state index contributed by atoms with van der Waals surface area (Å²) in [4.78, 5) is 38.9. The van der Waals surface area contributed by atoms with Crippen LogP contribution < -0.4 is 5.32 Å². The number of carbonyl (C=O) groups excluding carboxylic acids is 3. The van der Waals surface area contributed by atoms with E-state index < -0.39 is 5.60 Å². The molecule has 25 heavy (non-hydrogen) atoms. The van der Waals surface area contributed by atoms with Crippen LogP contribution in [-0.4, -0.2) is 66.0 Å². The Bertz CT molecular complexity index is 537. The number of hydrogen-bond donors (Lipinski definition) is 1. The van der Waals surface area contributed by atoms with Crippen molar-refractivity contribution in [2.45, 2.75) is 45.6 Å². The van der Waals surface area contributed by atoms with Crippen molar-refractivity contribution in [1.82, 2.24) is 15.1 Å². The third-order valence-corrected chi connectivity index (χ3v) is 4.70. The zero-order chi connectivity index (χ0) is 18.7. The number of hydrogen-bond acceptors (Lipinski definition) is 4. The van der Waals surface area contributed by atoms with E-state index in [9.17, 15) is 14.4 Å². The molecule has 0 atom stereocenters. The van der Waals surface area contributed by atoms with Crippen molar-refractivity contribution in [2.24, 2.45) is 5.41 Å². The number of carbonyl (C=O) groups is 3. The number of amides is 3. The minimum absolute atomic E-state index is 0.0579. The van der Waals surface area contributed by atoms with Crippen LogP contribution in [0.3, 0.4) is 0 Å². The van der Waals surface area contributed by atoms with Gasteiger partial charge in [-0.3, -0.25) is 9.59 Å². The maximum absolute atomic E-state index is 12.2. The summed E-state index contributed by atoms with van der Waals surface area (Å²) in [6.45, 7) is 12.1. The van der Waals surface area contributed by atoms with E-state index in [4.69, 9.17) is 4.74 Å². The molecule has 0 aromatic carbocycles. The normalized spacial score (nSPS) is 19.2. The summed E-state index contributed by atoms with van der Waals surface area (Å²) in [6.07, 6.45) is 3.04. The highest BCUT2D eigenvalue weighted by molar-refractivity contribution is 5.87. The minimum Gasteiger partial charge on any atom is -0.444 e. The summed E-state index contributed by atoms with van der Waals surface area (Å²) in [6, 6.07) is 0. The number of ether oxygens (including phenoxy) is 1. The Morgan fingerprint density at radius 3 is 2.28 bits per heavy atom. The molecule has 140 valence electrons. The Hall–Kier alpha value is -2.05. The van der Waals surface area contributed by atoms with Crippen molar-refractivity contribution in [2.75, 3.05) is 32.7 Å². The lowest BCUT2D eigenvalue weighted by molar-refractivity contribution is -0.136. The maximum Gasteiger partial charge on any atom is 0.410 e. The molecule has 1 spiro atoms. The minimum atomic E-state index is -0.476. The van der Waals surface area contributed by atoms with Crippen LogP contribution in [0.25, 0.3) is 0 Å². The van der Waals surface area contributed by atoms with E-state index in [1.165, 1.54) is 6.08 Å². The standard InChI is InChI=1S/C18H29N3O4/c1-5-14(22)19-9-6-15(23)20-10-7-18(8-11-20)12-21(13-18)16(24)25-17(2,3)4/h5H,1,6-13H2,2-4H3,(H,19,22). The molecule has 2 saturated heterocycles. The molecule has 2 heterocycles. The van der Waals surface area contributed by atoms with Crippen molar-refractivity contribution in [3.05, 3.63) is 12.7 Å². The van der Waals surface area contributed by atoms with Gasteiger partial charge >= 0.3 is 6.09 Å². The SMILES string of the molecule is C=CC(=O)NCCC(=O)N1CCC2(CC1)CN(C(=O)OC(C)(C)C)C2. The van der Waals surface area contributed by atoms with Gasteiger partial charge in [-0.25, -0.2) is 4.79 Å². The monoisotopic (exact) mass is 351 g/mol. The van der Waals surface area contributed by atoms with Crippen LogP contribution in [0.2, 0.25) is 0 Å². The second kappa shape index (κ2) is 7.45.